The Balaban J connectivity index is 0.976. The van der Waals surface area contributed by atoms with Gasteiger partial charge in [0.05, 0.1) is 41.6 Å². The molecule has 12 nitrogen and oxygen atoms in total. The second-order valence-corrected chi connectivity index (χ2v) is 15.8. The Hall–Kier alpha value is -5.58. The number of hydrogen-bond donors (Lipinski definition) is 3. The van der Waals surface area contributed by atoms with Gasteiger partial charge in [-0.05, 0) is 74.0 Å². The molecule has 3 aromatic carbocycles. The average Bonchev–Trinajstić information content (AvgIpc) is 3.86. The molecule has 5 aromatic rings. The first-order valence-corrected chi connectivity index (χ1v) is 19.7. The number of aliphatic hydroxyl groups is 1. The number of pyridine rings is 2. The quantitative estimate of drug-likeness (QED) is 0.125. The first-order valence-electron chi connectivity index (χ1n) is 19.3. The van der Waals surface area contributed by atoms with E-state index < -0.39 is 17.6 Å². The summed E-state index contributed by atoms with van der Waals surface area (Å²) in [5, 5.41) is 37.1. The number of anilines is 2. The molecule has 0 amide bonds. The van der Waals surface area contributed by atoms with Gasteiger partial charge < -0.3 is 44.1 Å². The Morgan fingerprint density at radius 1 is 1.11 bits per heavy atom. The Kier molecular flexibility index (Phi) is 8.86. The molecular weight excluding hydrogens is 746 g/mol. The number of phenolic OH excluding ortho intramolecular Hbond substituents is 1. The lowest BCUT2D eigenvalue weighted by molar-refractivity contribution is -0.0454. The first-order chi connectivity index (χ1) is 27.8. The molecule has 0 radical (unpaired) electrons. The van der Waals surface area contributed by atoms with Crippen LogP contribution < -0.4 is 24.3 Å². The minimum Gasteiger partial charge on any atom is -0.504 e. The number of likely N-dealkylation sites (tertiary alicyclic amines) is 1. The van der Waals surface area contributed by atoms with Gasteiger partial charge in [-0.2, -0.15) is 5.26 Å². The third kappa shape index (κ3) is 6.00. The van der Waals surface area contributed by atoms with E-state index in [4.69, 9.17) is 35.3 Å². The lowest BCUT2D eigenvalue weighted by Gasteiger charge is -2.56. The van der Waals surface area contributed by atoms with Gasteiger partial charge in [-0.1, -0.05) is 29.8 Å². The lowest BCUT2D eigenvalue weighted by atomic mass is 9.53. The summed E-state index contributed by atoms with van der Waals surface area (Å²) in [7, 11) is 2.17. The lowest BCUT2D eigenvalue weighted by Crippen LogP contribution is -2.64. The highest BCUT2D eigenvalue weighted by Gasteiger charge is 2.64. The minimum atomic E-state index is -0.746. The maximum atomic E-state index is 11.4. The fraction of sp³-hybridized carbons (Fsp3) is 0.341. The van der Waals surface area contributed by atoms with Crippen molar-refractivity contribution in [1.82, 2.24) is 14.9 Å². The maximum Gasteiger partial charge on any atom is 0.219 e. The maximum absolute atomic E-state index is 11.4. The summed E-state index contributed by atoms with van der Waals surface area (Å²) in [4.78, 5) is 11.3. The summed E-state index contributed by atoms with van der Waals surface area (Å²) in [6.45, 7) is 2.25. The molecule has 2 saturated heterocycles. The van der Waals surface area contributed by atoms with E-state index in [2.05, 4.69) is 39.4 Å². The number of benzene rings is 3. The molecule has 5 heterocycles. The second-order valence-electron chi connectivity index (χ2n) is 15.4. The number of halogens is 1. The standard InChI is InChI=1S/C44H40ClN5O7/c1-50-13-11-44-30-6-7-34(51)43(44)57-42-35(52)16-24(28(40(42)44)18-33(30)50)9-15-54-37-19-29-32(20-38(37)55-27-10-14-53-23-27)48-22-25(21-46)41(29)49-26-5-8-36(31(45)17-26)56-39-4-2-3-12-47-39/h2-8,12,16-17,19-20,22,27,30,33-34,43,51-52H,9-11,13-15,18,23H2,1H3,(H,48,49)/t27?,30-,33+,34-,43-,44-/m0/s1. The van der Waals surface area contributed by atoms with Crippen LogP contribution in [0.1, 0.15) is 35.1 Å². The van der Waals surface area contributed by atoms with Crippen molar-refractivity contribution in [3.05, 3.63) is 106 Å². The molecule has 13 heteroatoms. The van der Waals surface area contributed by atoms with E-state index in [1.165, 1.54) is 11.8 Å². The van der Waals surface area contributed by atoms with E-state index in [0.29, 0.717) is 81.4 Å². The number of piperidine rings is 1. The monoisotopic (exact) mass is 785 g/mol. The number of nitrogens with one attached hydrogen (secondary N) is 1. The summed E-state index contributed by atoms with van der Waals surface area (Å²) in [5.74, 6) is 2.66. The fourth-order valence-electron chi connectivity index (χ4n) is 9.63. The van der Waals surface area contributed by atoms with Gasteiger partial charge in [0.2, 0.25) is 5.88 Å². The van der Waals surface area contributed by atoms with Crippen LogP contribution in [0.2, 0.25) is 5.02 Å². The molecule has 2 aliphatic carbocycles. The molecule has 2 fully saturated rings. The molecule has 3 N–H and O–H groups in total. The number of likely N-dealkylation sites (N-methyl/N-ethyl adjacent to an activating group) is 1. The van der Waals surface area contributed by atoms with Crippen LogP contribution in [0, 0.1) is 17.2 Å². The average molecular weight is 786 g/mol. The summed E-state index contributed by atoms with van der Waals surface area (Å²) in [6.07, 6.45) is 8.78. The Morgan fingerprint density at radius 3 is 2.82 bits per heavy atom. The summed E-state index contributed by atoms with van der Waals surface area (Å²) in [5.41, 5.74) is 4.94. The number of rotatable bonds is 10. The molecular formula is C44H40ClN5O7. The van der Waals surface area contributed by atoms with Crippen LogP contribution in [-0.2, 0) is 23.0 Å². The smallest absolute Gasteiger partial charge is 0.219 e. The van der Waals surface area contributed by atoms with Crippen LogP contribution in [-0.4, -0.2) is 82.8 Å². The summed E-state index contributed by atoms with van der Waals surface area (Å²) >= 11 is 6.66. The summed E-state index contributed by atoms with van der Waals surface area (Å²) in [6, 6.07) is 18.7. The molecule has 1 spiro atoms. The zero-order valence-electron chi connectivity index (χ0n) is 31.2. The van der Waals surface area contributed by atoms with E-state index in [9.17, 15) is 15.5 Å². The zero-order valence-corrected chi connectivity index (χ0v) is 31.9. The highest BCUT2D eigenvalue weighted by molar-refractivity contribution is 6.32. The number of aromatic nitrogens is 2. The van der Waals surface area contributed by atoms with E-state index >= 15 is 0 Å². The van der Waals surface area contributed by atoms with Crippen molar-refractivity contribution in [3.8, 4) is 40.7 Å². The number of aliphatic hydroxyl groups excluding tert-OH is 1. The second kappa shape index (κ2) is 14.1. The molecule has 6 atom stereocenters. The number of ether oxygens (including phenoxy) is 5. The predicted molar refractivity (Wildman–Crippen MR) is 212 cm³/mol. The molecule has 2 aromatic heterocycles. The fourth-order valence-corrected chi connectivity index (χ4v) is 9.85. The van der Waals surface area contributed by atoms with Crippen LogP contribution >= 0.6 is 11.6 Å². The van der Waals surface area contributed by atoms with Crippen molar-refractivity contribution in [2.45, 2.75) is 55.5 Å². The van der Waals surface area contributed by atoms with Crippen molar-refractivity contribution in [1.29, 1.82) is 5.26 Å². The summed E-state index contributed by atoms with van der Waals surface area (Å²) < 4.78 is 31.0. The molecule has 57 heavy (non-hydrogen) atoms. The molecule has 2 bridgehead atoms. The zero-order chi connectivity index (χ0) is 38.8. The Bertz CT molecular complexity index is 2470. The van der Waals surface area contributed by atoms with Crippen LogP contribution in [0.15, 0.2) is 79.1 Å². The third-order valence-corrected chi connectivity index (χ3v) is 12.6. The minimum absolute atomic E-state index is 0.0917. The highest BCUT2D eigenvalue weighted by atomic mass is 35.5. The van der Waals surface area contributed by atoms with Crippen LogP contribution in [0.3, 0.4) is 0 Å². The van der Waals surface area contributed by atoms with E-state index in [1.54, 1.807) is 36.5 Å². The van der Waals surface area contributed by atoms with Crippen molar-refractivity contribution in [3.63, 3.8) is 0 Å². The van der Waals surface area contributed by atoms with Crippen LogP contribution in [0.25, 0.3) is 10.9 Å². The van der Waals surface area contributed by atoms with E-state index in [1.807, 2.05) is 30.3 Å². The molecule has 10 rings (SSSR count). The number of nitriles is 1. The predicted octanol–water partition coefficient (Wildman–Crippen LogP) is 6.99. The Labute approximate surface area is 334 Å². The van der Waals surface area contributed by atoms with Gasteiger partial charge in [0.25, 0.3) is 0 Å². The SMILES string of the molecule is CN1CC[C@]23c4c5c(CCOc6cc7c(Nc8ccc(Oc9ccccn9)c(Cl)c8)c(C#N)cnc7cc6OC6CCOC6)cc(O)c4O[C@H]2[C@@H](O)C=C[C@H]3[C@H]1C5. The molecule has 1 unspecified atom stereocenters. The number of aromatic hydroxyl groups is 1. The molecule has 5 aliphatic rings. The van der Waals surface area contributed by atoms with Crippen molar-refractivity contribution in [2.75, 3.05) is 38.7 Å². The Morgan fingerprint density at radius 2 is 2.02 bits per heavy atom. The van der Waals surface area contributed by atoms with Gasteiger partial charge in [-0.3, -0.25) is 4.98 Å². The molecule has 3 aliphatic heterocycles. The third-order valence-electron chi connectivity index (χ3n) is 12.3. The van der Waals surface area contributed by atoms with Gasteiger partial charge in [0.15, 0.2) is 23.0 Å². The molecule has 290 valence electrons. The first kappa shape index (κ1) is 35.8. The van der Waals surface area contributed by atoms with Crippen molar-refractivity contribution < 1.29 is 33.9 Å². The normalized spacial score (nSPS) is 25.4. The van der Waals surface area contributed by atoms with Gasteiger partial charge in [0, 0.05) is 71.4 Å². The van der Waals surface area contributed by atoms with Gasteiger partial charge in [-0.25, -0.2) is 4.98 Å². The van der Waals surface area contributed by atoms with Gasteiger partial charge >= 0.3 is 0 Å². The van der Waals surface area contributed by atoms with Gasteiger partial charge in [0.1, 0.15) is 30.1 Å². The van der Waals surface area contributed by atoms with Crippen molar-refractivity contribution in [2.24, 2.45) is 5.92 Å². The number of phenols is 1. The van der Waals surface area contributed by atoms with Crippen LogP contribution in [0.5, 0.6) is 34.6 Å². The topological polar surface area (TPSA) is 151 Å². The van der Waals surface area contributed by atoms with Gasteiger partial charge in [-0.15, -0.1) is 0 Å². The number of fused-ring (bicyclic) bond motifs is 1. The van der Waals surface area contributed by atoms with Crippen molar-refractivity contribution >= 4 is 33.9 Å². The largest absolute Gasteiger partial charge is 0.504 e. The molecule has 0 saturated carbocycles. The van der Waals surface area contributed by atoms with E-state index in [-0.39, 0.29) is 30.4 Å². The number of nitrogens with zero attached hydrogens (tertiary/aromatic N) is 4. The number of hydrogen-bond acceptors (Lipinski definition) is 12. The highest BCUT2D eigenvalue weighted by Crippen LogP contribution is 2.63. The van der Waals surface area contributed by atoms with Crippen LogP contribution in [0.4, 0.5) is 11.4 Å². The van der Waals surface area contributed by atoms with E-state index in [0.717, 1.165) is 36.9 Å².